The summed E-state index contributed by atoms with van der Waals surface area (Å²) in [6.45, 7) is 6.73. The number of hydrogen-bond acceptors (Lipinski definition) is 0. The molecule has 0 nitrogen and oxygen atoms in total. The molecule has 86 valence electrons. The van der Waals surface area contributed by atoms with E-state index in [-0.39, 0.29) is 9.52 Å². The van der Waals surface area contributed by atoms with Crippen molar-refractivity contribution in [2.45, 2.75) is 45.6 Å². The van der Waals surface area contributed by atoms with Crippen LogP contribution in [-0.4, -0.2) is 9.52 Å². The smallest absolute Gasteiger partial charge is 0.0581 e. The van der Waals surface area contributed by atoms with E-state index in [1.165, 1.54) is 30.4 Å². The minimum Gasteiger partial charge on any atom is -0.0856 e. The first-order valence-electron chi connectivity index (χ1n) is 6.36. The number of aryl methyl sites for hydroxylation is 2. The fourth-order valence-electron chi connectivity index (χ4n) is 2.90. The molecule has 2 rings (SSSR count). The van der Waals surface area contributed by atoms with Gasteiger partial charge in [-0.25, -0.2) is 0 Å². The molecule has 16 heavy (non-hydrogen) atoms. The van der Waals surface area contributed by atoms with Crippen molar-refractivity contribution in [1.82, 2.24) is 0 Å². The highest BCUT2D eigenvalue weighted by Crippen LogP contribution is 2.27. The van der Waals surface area contributed by atoms with Crippen molar-refractivity contribution < 1.29 is 0 Å². The Kier molecular flexibility index (Phi) is 3.65. The van der Waals surface area contributed by atoms with Gasteiger partial charge in [-0.2, -0.15) is 0 Å². The summed E-state index contributed by atoms with van der Waals surface area (Å²) in [5.74, 6) is 0. The zero-order valence-electron chi connectivity index (χ0n) is 10.7. The molecule has 1 aromatic rings. The van der Waals surface area contributed by atoms with Crippen LogP contribution in [-0.2, 0) is 0 Å². The summed E-state index contributed by atoms with van der Waals surface area (Å²) in [7, 11) is -0.0726. The molecule has 0 radical (unpaired) electrons. The lowest BCUT2D eigenvalue weighted by Gasteiger charge is -2.21. The van der Waals surface area contributed by atoms with Crippen LogP contribution in [0, 0.1) is 13.8 Å². The molecule has 0 saturated heterocycles. The Labute approximate surface area is 102 Å². The Morgan fingerprint density at radius 1 is 1.06 bits per heavy atom. The lowest BCUT2D eigenvalue weighted by atomic mass is 10.0. The second kappa shape index (κ2) is 5.01. The zero-order valence-corrected chi connectivity index (χ0v) is 12.1. The average molecular weight is 230 g/mol. The quantitative estimate of drug-likeness (QED) is 0.541. The van der Waals surface area contributed by atoms with Gasteiger partial charge in [0, 0.05) is 0 Å². The summed E-state index contributed by atoms with van der Waals surface area (Å²) < 4.78 is 0. The fraction of sp³-hybridized carbons (Fsp3) is 0.467. The van der Waals surface area contributed by atoms with E-state index in [4.69, 9.17) is 0 Å². The van der Waals surface area contributed by atoms with E-state index < -0.39 is 0 Å². The van der Waals surface area contributed by atoms with Crippen LogP contribution in [0.3, 0.4) is 0 Å². The van der Waals surface area contributed by atoms with Gasteiger partial charge in [-0.1, -0.05) is 46.2 Å². The summed E-state index contributed by atoms with van der Waals surface area (Å²) >= 11 is 0. The SMILES string of the molecule is CC1=CCCC([SiH2]c2cc(C)cc(C)c2)C1. The maximum absolute atomic E-state index is 2.42. The van der Waals surface area contributed by atoms with E-state index in [1.807, 2.05) is 0 Å². The van der Waals surface area contributed by atoms with Crippen LogP contribution in [0.1, 0.15) is 37.3 Å². The van der Waals surface area contributed by atoms with E-state index in [0.29, 0.717) is 0 Å². The predicted octanol–water partition coefficient (Wildman–Crippen LogP) is 3.02. The molecule has 1 atom stereocenters. The van der Waals surface area contributed by atoms with Gasteiger partial charge in [-0.05, 0) is 45.6 Å². The Bertz CT molecular complexity index is 384. The normalized spacial score (nSPS) is 21.4. The van der Waals surface area contributed by atoms with Crippen LogP contribution in [0.4, 0.5) is 0 Å². The van der Waals surface area contributed by atoms with Crippen LogP contribution in [0.5, 0.6) is 0 Å². The number of rotatable bonds is 2. The molecule has 1 unspecified atom stereocenters. The fourth-order valence-corrected chi connectivity index (χ4v) is 5.49. The van der Waals surface area contributed by atoms with Crippen LogP contribution in [0.2, 0.25) is 5.54 Å². The highest BCUT2D eigenvalue weighted by atomic mass is 28.2. The van der Waals surface area contributed by atoms with Gasteiger partial charge < -0.3 is 0 Å². The Hall–Kier alpha value is -0.823. The molecule has 0 spiro atoms. The van der Waals surface area contributed by atoms with Crippen molar-refractivity contribution in [3.05, 3.63) is 41.0 Å². The average Bonchev–Trinajstić information content (AvgIpc) is 2.15. The molecule has 0 fully saturated rings. The monoisotopic (exact) mass is 230 g/mol. The van der Waals surface area contributed by atoms with Gasteiger partial charge in [0.2, 0.25) is 0 Å². The Morgan fingerprint density at radius 2 is 1.75 bits per heavy atom. The van der Waals surface area contributed by atoms with E-state index in [9.17, 15) is 0 Å². The molecule has 1 heteroatoms. The Balaban J connectivity index is 2.06. The number of allylic oxidation sites excluding steroid dienone is 2. The second-order valence-electron chi connectivity index (χ2n) is 5.40. The molecule has 1 aliphatic carbocycles. The van der Waals surface area contributed by atoms with E-state index >= 15 is 0 Å². The van der Waals surface area contributed by atoms with Gasteiger partial charge in [0.25, 0.3) is 0 Å². The minimum absolute atomic E-state index is 0.0726. The van der Waals surface area contributed by atoms with Crippen LogP contribution < -0.4 is 5.19 Å². The first-order chi connectivity index (χ1) is 7.63. The van der Waals surface area contributed by atoms with Crippen molar-refractivity contribution in [2.75, 3.05) is 0 Å². The van der Waals surface area contributed by atoms with Gasteiger partial charge in [-0.15, -0.1) is 0 Å². The van der Waals surface area contributed by atoms with Crippen LogP contribution in [0.15, 0.2) is 29.8 Å². The maximum atomic E-state index is 2.42. The standard InChI is InChI=1S/C15H22Si/c1-11-5-4-6-14(8-11)16-15-9-12(2)7-13(3)10-15/h5,7,9-10,14H,4,6,8,16H2,1-3H3. The maximum Gasteiger partial charge on any atom is 0.0581 e. The van der Waals surface area contributed by atoms with Crippen molar-refractivity contribution >= 4 is 14.7 Å². The molecule has 0 amide bonds. The van der Waals surface area contributed by atoms with Crippen molar-refractivity contribution in [3.63, 3.8) is 0 Å². The number of benzene rings is 1. The van der Waals surface area contributed by atoms with Crippen molar-refractivity contribution in [3.8, 4) is 0 Å². The third-order valence-electron chi connectivity index (χ3n) is 3.48. The van der Waals surface area contributed by atoms with E-state index in [0.717, 1.165) is 5.54 Å². The molecule has 0 bridgehead atoms. The van der Waals surface area contributed by atoms with Crippen molar-refractivity contribution in [1.29, 1.82) is 0 Å². The summed E-state index contributed by atoms with van der Waals surface area (Å²) in [4.78, 5) is 0. The zero-order chi connectivity index (χ0) is 11.5. The lowest BCUT2D eigenvalue weighted by Crippen LogP contribution is -2.21. The molecule has 0 aromatic heterocycles. The molecule has 1 aromatic carbocycles. The third-order valence-corrected chi connectivity index (χ3v) is 5.64. The molecule has 0 aliphatic heterocycles. The molecule has 1 aliphatic rings. The molecule has 0 saturated carbocycles. The number of hydrogen-bond donors (Lipinski definition) is 0. The van der Waals surface area contributed by atoms with Gasteiger partial charge >= 0.3 is 0 Å². The molecular weight excluding hydrogens is 208 g/mol. The van der Waals surface area contributed by atoms with E-state index in [2.05, 4.69) is 45.0 Å². The van der Waals surface area contributed by atoms with Crippen molar-refractivity contribution in [2.24, 2.45) is 0 Å². The summed E-state index contributed by atoms with van der Waals surface area (Å²) in [5, 5.41) is 1.66. The largest absolute Gasteiger partial charge is 0.0856 e. The summed E-state index contributed by atoms with van der Waals surface area (Å²) in [5.41, 5.74) is 5.50. The highest BCUT2D eigenvalue weighted by Gasteiger charge is 2.14. The molecular formula is C15H22Si. The summed E-state index contributed by atoms with van der Waals surface area (Å²) in [6, 6.07) is 7.10. The molecule has 0 N–H and O–H groups in total. The Morgan fingerprint density at radius 3 is 2.38 bits per heavy atom. The minimum atomic E-state index is -0.0726. The van der Waals surface area contributed by atoms with Crippen LogP contribution in [0.25, 0.3) is 0 Å². The topological polar surface area (TPSA) is 0 Å². The third kappa shape index (κ3) is 3.08. The van der Waals surface area contributed by atoms with Crippen LogP contribution >= 0.6 is 0 Å². The summed E-state index contributed by atoms with van der Waals surface area (Å²) in [6.07, 6.45) is 6.52. The van der Waals surface area contributed by atoms with E-state index in [1.54, 1.807) is 10.8 Å². The first kappa shape index (κ1) is 11.7. The van der Waals surface area contributed by atoms with Gasteiger partial charge in [0.1, 0.15) is 0 Å². The predicted molar refractivity (Wildman–Crippen MR) is 75.5 cm³/mol. The molecule has 0 heterocycles. The van der Waals surface area contributed by atoms with Gasteiger partial charge in [0.05, 0.1) is 9.52 Å². The first-order valence-corrected chi connectivity index (χ1v) is 7.88. The lowest BCUT2D eigenvalue weighted by molar-refractivity contribution is 0.695. The highest BCUT2D eigenvalue weighted by molar-refractivity contribution is 6.55. The van der Waals surface area contributed by atoms with Gasteiger partial charge in [0.15, 0.2) is 0 Å². The van der Waals surface area contributed by atoms with Gasteiger partial charge in [-0.3, -0.25) is 0 Å². The second-order valence-corrected chi connectivity index (χ2v) is 7.78.